The van der Waals surface area contributed by atoms with E-state index in [0.29, 0.717) is 23.8 Å². The molecule has 1 atom stereocenters. The molecule has 4 nitrogen and oxygen atoms in total. The number of Topliss-reactive ketones (excluding diaryl/α,β-unsaturated/α-hetero) is 1. The summed E-state index contributed by atoms with van der Waals surface area (Å²) in [6, 6.07) is 6.24. The number of hydrogen-bond acceptors (Lipinski definition) is 4. The third-order valence-corrected chi connectivity index (χ3v) is 6.13. The summed E-state index contributed by atoms with van der Waals surface area (Å²) in [5, 5.41) is 0.366. The lowest BCUT2D eigenvalue weighted by molar-refractivity contribution is 0.0988. The van der Waals surface area contributed by atoms with E-state index in [1.54, 1.807) is 19.1 Å². The second kappa shape index (κ2) is 6.74. The summed E-state index contributed by atoms with van der Waals surface area (Å²) in [6.45, 7) is 2.22. The van der Waals surface area contributed by atoms with Gasteiger partial charge in [0.25, 0.3) is 0 Å². The SMILES string of the molecule is CCC(=O)c1cccc(S(=O)(=O)NCC2CCCS2)c1. The molecule has 0 spiro atoms. The van der Waals surface area contributed by atoms with Crippen LogP contribution in [0.3, 0.4) is 0 Å². The zero-order valence-corrected chi connectivity index (χ0v) is 13.1. The lowest BCUT2D eigenvalue weighted by Gasteiger charge is -2.11. The van der Waals surface area contributed by atoms with Crippen molar-refractivity contribution < 1.29 is 13.2 Å². The molecule has 2 rings (SSSR count). The molecule has 0 saturated carbocycles. The Morgan fingerprint density at radius 2 is 2.25 bits per heavy atom. The summed E-state index contributed by atoms with van der Waals surface area (Å²) in [5.74, 6) is 1.06. The molecule has 1 fully saturated rings. The van der Waals surface area contributed by atoms with E-state index in [4.69, 9.17) is 0 Å². The van der Waals surface area contributed by atoms with Gasteiger partial charge in [-0.15, -0.1) is 0 Å². The number of carbonyl (C=O) groups excluding carboxylic acids is 1. The second-order valence-corrected chi connectivity index (χ2v) is 7.97. The van der Waals surface area contributed by atoms with Crippen molar-refractivity contribution in [3.8, 4) is 0 Å². The molecule has 1 unspecified atom stereocenters. The Morgan fingerprint density at radius 1 is 1.45 bits per heavy atom. The van der Waals surface area contributed by atoms with Gasteiger partial charge in [0.05, 0.1) is 4.90 Å². The van der Waals surface area contributed by atoms with E-state index in [1.165, 1.54) is 12.1 Å². The van der Waals surface area contributed by atoms with E-state index < -0.39 is 10.0 Å². The lowest BCUT2D eigenvalue weighted by atomic mass is 10.1. The van der Waals surface area contributed by atoms with Crippen LogP contribution in [0.15, 0.2) is 29.2 Å². The molecule has 1 heterocycles. The van der Waals surface area contributed by atoms with Gasteiger partial charge in [-0.1, -0.05) is 19.1 Å². The van der Waals surface area contributed by atoms with E-state index in [9.17, 15) is 13.2 Å². The lowest BCUT2D eigenvalue weighted by Crippen LogP contribution is -2.30. The van der Waals surface area contributed by atoms with Crippen LogP contribution in [-0.2, 0) is 10.0 Å². The van der Waals surface area contributed by atoms with Gasteiger partial charge in [-0.25, -0.2) is 13.1 Å². The minimum absolute atomic E-state index is 0.0478. The van der Waals surface area contributed by atoms with Crippen molar-refractivity contribution in [1.82, 2.24) is 4.72 Å². The Balaban J connectivity index is 2.10. The molecule has 6 heteroatoms. The molecular weight excluding hydrogens is 294 g/mol. The highest BCUT2D eigenvalue weighted by molar-refractivity contribution is 8.00. The highest BCUT2D eigenvalue weighted by Crippen LogP contribution is 2.25. The first-order chi connectivity index (χ1) is 9.53. The van der Waals surface area contributed by atoms with Gasteiger partial charge in [0.15, 0.2) is 5.78 Å². The normalized spacial score (nSPS) is 19.1. The molecule has 0 aliphatic carbocycles. The first kappa shape index (κ1) is 15.5. The third-order valence-electron chi connectivity index (χ3n) is 3.31. The number of sulfonamides is 1. The van der Waals surface area contributed by atoms with Crippen LogP contribution >= 0.6 is 11.8 Å². The Bertz CT molecular complexity index is 578. The molecule has 1 aliphatic rings. The molecule has 0 aromatic heterocycles. The summed E-state index contributed by atoms with van der Waals surface area (Å²) in [6.07, 6.45) is 2.58. The predicted molar refractivity (Wildman–Crippen MR) is 81.7 cm³/mol. The molecule has 1 saturated heterocycles. The number of thioether (sulfide) groups is 1. The third kappa shape index (κ3) is 3.84. The van der Waals surface area contributed by atoms with Gasteiger partial charge >= 0.3 is 0 Å². The quantitative estimate of drug-likeness (QED) is 0.819. The first-order valence-corrected chi connectivity index (χ1v) is 9.30. The summed E-state index contributed by atoms with van der Waals surface area (Å²) in [7, 11) is -3.53. The summed E-state index contributed by atoms with van der Waals surface area (Å²) >= 11 is 1.81. The van der Waals surface area contributed by atoms with Gasteiger partial charge < -0.3 is 0 Å². The number of nitrogens with one attached hydrogen (secondary N) is 1. The van der Waals surface area contributed by atoms with Crippen molar-refractivity contribution in [1.29, 1.82) is 0 Å². The van der Waals surface area contributed by atoms with E-state index in [-0.39, 0.29) is 10.7 Å². The molecule has 1 aliphatic heterocycles. The zero-order valence-electron chi connectivity index (χ0n) is 11.5. The van der Waals surface area contributed by atoms with Crippen molar-refractivity contribution in [2.45, 2.75) is 36.3 Å². The fraction of sp³-hybridized carbons (Fsp3) is 0.500. The summed E-state index contributed by atoms with van der Waals surface area (Å²) in [5.41, 5.74) is 0.450. The van der Waals surface area contributed by atoms with Crippen LogP contribution < -0.4 is 4.72 Å². The van der Waals surface area contributed by atoms with Crippen LogP contribution in [0, 0.1) is 0 Å². The van der Waals surface area contributed by atoms with E-state index in [1.807, 2.05) is 11.8 Å². The average Bonchev–Trinajstić information content (AvgIpc) is 2.98. The van der Waals surface area contributed by atoms with Crippen molar-refractivity contribution in [2.75, 3.05) is 12.3 Å². The second-order valence-electron chi connectivity index (χ2n) is 4.79. The molecule has 110 valence electrons. The van der Waals surface area contributed by atoms with Gasteiger partial charge in [0, 0.05) is 23.8 Å². The molecule has 1 aromatic carbocycles. The van der Waals surface area contributed by atoms with E-state index in [2.05, 4.69) is 4.72 Å². The topological polar surface area (TPSA) is 63.2 Å². The van der Waals surface area contributed by atoms with Crippen LogP contribution in [0.1, 0.15) is 36.5 Å². The standard InChI is InChI=1S/C14H19NO3S2/c1-2-14(16)11-5-3-7-13(9-11)20(17,18)15-10-12-6-4-8-19-12/h3,5,7,9,12,15H,2,4,6,8,10H2,1H3. The molecule has 0 bridgehead atoms. The minimum Gasteiger partial charge on any atom is -0.294 e. The van der Waals surface area contributed by atoms with Gasteiger partial charge in [-0.2, -0.15) is 11.8 Å². The highest BCUT2D eigenvalue weighted by Gasteiger charge is 2.20. The maximum atomic E-state index is 12.2. The molecule has 1 N–H and O–H groups in total. The Hall–Kier alpha value is -0.850. The van der Waals surface area contributed by atoms with Gasteiger partial charge in [-0.3, -0.25) is 4.79 Å². The van der Waals surface area contributed by atoms with Crippen molar-refractivity contribution in [3.63, 3.8) is 0 Å². The number of ketones is 1. The maximum Gasteiger partial charge on any atom is 0.240 e. The molecular formula is C14H19NO3S2. The fourth-order valence-electron chi connectivity index (χ4n) is 2.13. The summed E-state index contributed by atoms with van der Waals surface area (Å²) < 4.78 is 27.1. The molecule has 1 aromatic rings. The first-order valence-electron chi connectivity index (χ1n) is 6.77. The van der Waals surface area contributed by atoms with Crippen LogP contribution in [0.25, 0.3) is 0 Å². The predicted octanol–water partition coefficient (Wildman–Crippen LogP) is 2.45. The van der Waals surface area contributed by atoms with Crippen LogP contribution in [-0.4, -0.2) is 31.7 Å². The maximum absolute atomic E-state index is 12.2. The Kier molecular flexibility index (Phi) is 5.23. The van der Waals surface area contributed by atoms with Gasteiger partial charge in [0.2, 0.25) is 10.0 Å². The number of benzene rings is 1. The monoisotopic (exact) mass is 313 g/mol. The molecule has 0 amide bonds. The Morgan fingerprint density at radius 3 is 2.90 bits per heavy atom. The fourth-order valence-corrected chi connectivity index (χ4v) is 4.57. The number of hydrogen-bond donors (Lipinski definition) is 1. The highest BCUT2D eigenvalue weighted by atomic mass is 32.2. The van der Waals surface area contributed by atoms with Crippen LogP contribution in [0.5, 0.6) is 0 Å². The zero-order chi connectivity index (χ0) is 14.6. The largest absolute Gasteiger partial charge is 0.294 e. The van der Waals surface area contributed by atoms with E-state index >= 15 is 0 Å². The number of rotatable bonds is 6. The smallest absolute Gasteiger partial charge is 0.240 e. The summed E-state index contributed by atoms with van der Waals surface area (Å²) in [4.78, 5) is 11.8. The molecule has 0 radical (unpaired) electrons. The van der Waals surface area contributed by atoms with Crippen LogP contribution in [0.4, 0.5) is 0 Å². The van der Waals surface area contributed by atoms with Crippen molar-refractivity contribution >= 4 is 27.6 Å². The molecule has 20 heavy (non-hydrogen) atoms. The minimum atomic E-state index is -3.53. The Labute approximate surface area is 124 Å². The van der Waals surface area contributed by atoms with Gasteiger partial charge in [-0.05, 0) is 30.7 Å². The van der Waals surface area contributed by atoms with E-state index in [0.717, 1.165) is 18.6 Å². The van der Waals surface area contributed by atoms with Crippen molar-refractivity contribution in [3.05, 3.63) is 29.8 Å². The van der Waals surface area contributed by atoms with Crippen molar-refractivity contribution in [2.24, 2.45) is 0 Å². The number of carbonyl (C=O) groups is 1. The van der Waals surface area contributed by atoms with Crippen LogP contribution in [0.2, 0.25) is 0 Å². The average molecular weight is 313 g/mol. The van der Waals surface area contributed by atoms with Gasteiger partial charge in [0.1, 0.15) is 0 Å².